The molecule has 0 fully saturated rings. The molecule has 5 nitrogen and oxygen atoms in total. The Labute approximate surface area is 128 Å². The number of carboxylic acid groups (broad SMARTS) is 1. The van der Waals surface area contributed by atoms with Gasteiger partial charge in [0.2, 0.25) is 0 Å². The lowest BCUT2D eigenvalue weighted by Crippen LogP contribution is -2.46. The van der Waals surface area contributed by atoms with Gasteiger partial charge in [0.15, 0.2) is 0 Å². The Hall–Kier alpha value is -1.26. The van der Waals surface area contributed by atoms with Crippen LogP contribution in [0.5, 0.6) is 0 Å². The van der Waals surface area contributed by atoms with Crippen LogP contribution >= 0.6 is 0 Å². The van der Waals surface area contributed by atoms with Gasteiger partial charge in [-0.3, -0.25) is 4.79 Å². The second-order valence-corrected chi connectivity index (χ2v) is 6.86. The van der Waals surface area contributed by atoms with Gasteiger partial charge in [-0.25, -0.2) is 4.79 Å². The summed E-state index contributed by atoms with van der Waals surface area (Å²) in [6, 6.07) is -0.0538. The number of carbonyl (C=O) groups excluding carboxylic acids is 1. The monoisotopic (exact) mass is 300 g/mol. The zero-order chi connectivity index (χ0) is 16.5. The zero-order valence-electron chi connectivity index (χ0n) is 14.2. The Balaban J connectivity index is 4.02. The Morgan fingerprint density at radius 2 is 1.76 bits per heavy atom. The zero-order valence-corrected chi connectivity index (χ0v) is 14.2. The van der Waals surface area contributed by atoms with E-state index in [1.807, 2.05) is 6.92 Å². The van der Waals surface area contributed by atoms with Crippen molar-refractivity contribution in [2.75, 3.05) is 6.54 Å². The molecule has 21 heavy (non-hydrogen) atoms. The molecule has 0 aromatic carbocycles. The van der Waals surface area contributed by atoms with Gasteiger partial charge in [0.05, 0.1) is 0 Å². The minimum Gasteiger partial charge on any atom is -0.481 e. The van der Waals surface area contributed by atoms with Crippen molar-refractivity contribution in [2.24, 2.45) is 11.3 Å². The second-order valence-electron chi connectivity index (χ2n) is 6.86. The Bertz CT molecular complexity index is 324. The van der Waals surface area contributed by atoms with Gasteiger partial charge < -0.3 is 15.7 Å². The lowest BCUT2D eigenvalue weighted by molar-refractivity contribution is -0.137. The van der Waals surface area contributed by atoms with Crippen molar-refractivity contribution in [1.82, 2.24) is 10.6 Å². The van der Waals surface area contributed by atoms with E-state index >= 15 is 0 Å². The Morgan fingerprint density at radius 3 is 2.24 bits per heavy atom. The molecule has 0 bridgehead atoms. The van der Waals surface area contributed by atoms with Gasteiger partial charge in [-0.1, -0.05) is 40.5 Å². The van der Waals surface area contributed by atoms with Crippen molar-refractivity contribution >= 4 is 12.0 Å². The lowest BCUT2D eigenvalue weighted by atomic mass is 9.88. The lowest BCUT2D eigenvalue weighted by Gasteiger charge is -2.28. The third-order valence-electron chi connectivity index (χ3n) is 3.95. The van der Waals surface area contributed by atoms with E-state index in [4.69, 9.17) is 5.11 Å². The molecule has 0 aromatic rings. The van der Waals surface area contributed by atoms with Gasteiger partial charge in [0, 0.05) is 19.0 Å². The van der Waals surface area contributed by atoms with Gasteiger partial charge in [0.1, 0.15) is 0 Å². The van der Waals surface area contributed by atoms with Crippen LogP contribution in [-0.4, -0.2) is 29.7 Å². The predicted octanol–water partition coefficient (Wildman–Crippen LogP) is 3.39. The average Bonchev–Trinajstić information content (AvgIpc) is 2.34. The number of rotatable bonds is 9. The molecule has 0 spiro atoms. The van der Waals surface area contributed by atoms with Crippen LogP contribution in [0.1, 0.15) is 66.7 Å². The smallest absolute Gasteiger partial charge is 0.315 e. The van der Waals surface area contributed by atoms with E-state index in [9.17, 15) is 9.59 Å². The number of urea groups is 1. The van der Waals surface area contributed by atoms with E-state index in [0.717, 1.165) is 19.3 Å². The quantitative estimate of drug-likeness (QED) is 0.610. The minimum atomic E-state index is -0.749. The first kappa shape index (κ1) is 19.7. The molecule has 0 saturated heterocycles. The molecule has 2 unspecified atom stereocenters. The van der Waals surface area contributed by atoms with Crippen molar-refractivity contribution in [3.63, 3.8) is 0 Å². The van der Waals surface area contributed by atoms with Crippen LogP contribution in [0, 0.1) is 11.3 Å². The SMILES string of the molecule is CCCC(CCNC(=O)NC(C)C(C)(C)C)CCC(=O)O. The maximum Gasteiger partial charge on any atom is 0.315 e. The van der Waals surface area contributed by atoms with E-state index < -0.39 is 5.97 Å². The standard InChI is InChI=1S/C16H32N2O3/c1-6-7-13(8-9-14(19)20)10-11-17-15(21)18-12(2)16(3,4)5/h12-13H,6-11H2,1-5H3,(H,19,20)(H2,17,18,21). The summed E-state index contributed by atoms with van der Waals surface area (Å²) in [5.74, 6) is -0.382. The van der Waals surface area contributed by atoms with Crippen molar-refractivity contribution in [3.05, 3.63) is 0 Å². The first-order valence-corrected chi connectivity index (χ1v) is 7.93. The number of hydrogen-bond donors (Lipinski definition) is 3. The van der Waals surface area contributed by atoms with E-state index in [-0.39, 0.29) is 23.9 Å². The molecular weight excluding hydrogens is 268 g/mol. The fourth-order valence-electron chi connectivity index (χ4n) is 2.02. The van der Waals surface area contributed by atoms with Crippen LogP contribution in [-0.2, 0) is 4.79 Å². The number of nitrogens with one attached hydrogen (secondary N) is 2. The van der Waals surface area contributed by atoms with Crippen LogP contribution in [0.3, 0.4) is 0 Å². The van der Waals surface area contributed by atoms with Gasteiger partial charge in [-0.05, 0) is 31.1 Å². The molecule has 3 N–H and O–H groups in total. The molecule has 0 radical (unpaired) electrons. The van der Waals surface area contributed by atoms with Crippen LogP contribution in [0.15, 0.2) is 0 Å². The first-order chi connectivity index (χ1) is 9.66. The molecule has 2 atom stereocenters. The van der Waals surface area contributed by atoms with Crippen LogP contribution in [0.25, 0.3) is 0 Å². The molecule has 124 valence electrons. The number of amides is 2. The number of carbonyl (C=O) groups is 2. The third kappa shape index (κ3) is 10.2. The molecule has 0 aromatic heterocycles. The summed E-state index contributed by atoms with van der Waals surface area (Å²) < 4.78 is 0. The van der Waals surface area contributed by atoms with Gasteiger partial charge in [-0.15, -0.1) is 0 Å². The van der Waals surface area contributed by atoms with Crippen LogP contribution < -0.4 is 10.6 Å². The van der Waals surface area contributed by atoms with E-state index in [1.54, 1.807) is 0 Å². The Kier molecular flexibility index (Phi) is 9.06. The number of aliphatic carboxylic acids is 1. The van der Waals surface area contributed by atoms with Crippen molar-refractivity contribution in [3.8, 4) is 0 Å². The summed E-state index contributed by atoms with van der Waals surface area (Å²) in [6.07, 6.45) is 3.77. The van der Waals surface area contributed by atoms with E-state index in [2.05, 4.69) is 38.3 Å². The van der Waals surface area contributed by atoms with Crippen molar-refractivity contribution in [1.29, 1.82) is 0 Å². The van der Waals surface area contributed by atoms with Gasteiger partial charge in [-0.2, -0.15) is 0 Å². The van der Waals surface area contributed by atoms with Crippen molar-refractivity contribution < 1.29 is 14.7 Å². The highest BCUT2D eigenvalue weighted by atomic mass is 16.4. The summed E-state index contributed by atoms with van der Waals surface area (Å²) in [5.41, 5.74) is 0.0313. The van der Waals surface area contributed by atoms with Crippen LogP contribution in [0.4, 0.5) is 4.79 Å². The molecule has 0 heterocycles. The fourth-order valence-corrected chi connectivity index (χ4v) is 2.02. The van der Waals surface area contributed by atoms with Gasteiger partial charge in [0.25, 0.3) is 0 Å². The fraction of sp³-hybridized carbons (Fsp3) is 0.875. The second kappa shape index (κ2) is 9.64. The molecular formula is C16H32N2O3. The largest absolute Gasteiger partial charge is 0.481 e. The molecule has 0 saturated carbocycles. The van der Waals surface area contributed by atoms with Gasteiger partial charge >= 0.3 is 12.0 Å². The van der Waals surface area contributed by atoms with E-state index in [0.29, 0.717) is 18.9 Å². The summed E-state index contributed by atoms with van der Waals surface area (Å²) in [5, 5.41) is 14.5. The molecule has 0 rings (SSSR count). The molecule has 5 heteroatoms. The average molecular weight is 300 g/mol. The highest BCUT2D eigenvalue weighted by Gasteiger charge is 2.21. The molecule has 0 aliphatic heterocycles. The molecule has 0 aliphatic carbocycles. The Morgan fingerprint density at radius 1 is 1.14 bits per heavy atom. The third-order valence-corrected chi connectivity index (χ3v) is 3.95. The topological polar surface area (TPSA) is 78.4 Å². The normalized spacial score (nSPS) is 14.3. The van der Waals surface area contributed by atoms with E-state index in [1.165, 1.54) is 0 Å². The number of hydrogen-bond acceptors (Lipinski definition) is 2. The maximum absolute atomic E-state index is 11.8. The summed E-state index contributed by atoms with van der Waals surface area (Å²) in [4.78, 5) is 22.4. The molecule has 0 aliphatic rings. The molecule has 2 amide bonds. The van der Waals surface area contributed by atoms with Crippen LogP contribution in [0.2, 0.25) is 0 Å². The highest BCUT2D eigenvalue weighted by molar-refractivity contribution is 5.74. The summed E-state index contributed by atoms with van der Waals surface area (Å²) >= 11 is 0. The summed E-state index contributed by atoms with van der Waals surface area (Å²) in [7, 11) is 0. The minimum absolute atomic E-state index is 0.0313. The first-order valence-electron chi connectivity index (χ1n) is 7.93. The summed E-state index contributed by atoms with van der Waals surface area (Å²) in [6.45, 7) is 10.9. The number of carboxylic acids is 1. The van der Waals surface area contributed by atoms with Crippen molar-refractivity contribution in [2.45, 2.75) is 72.8 Å². The highest BCUT2D eigenvalue weighted by Crippen LogP contribution is 2.18. The maximum atomic E-state index is 11.8. The predicted molar refractivity (Wildman–Crippen MR) is 85.3 cm³/mol.